The molecule has 13 heteroatoms. The summed E-state index contributed by atoms with van der Waals surface area (Å²) in [6, 6.07) is 9.55. The van der Waals surface area contributed by atoms with Crippen LogP contribution in [-0.4, -0.2) is 21.1 Å². The molecule has 7 nitrogen and oxygen atoms in total. The molecule has 4 rings (SSSR count). The maximum absolute atomic E-state index is 14.3. The van der Waals surface area contributed by atoms with E-state index < -0.39 is 49.6 Å². The Balaban J connectivity index is 1.53. The minimum atomic E-state index is -4.70. The van der Waals surface area contributed by atoms with E-state index in [1.807, 2.05) is 0 Å². The van der Waals surface area contributed by atoms with Crippen LogP contribution in [0.1, 0.15) is 21.5 Å². The second-order valence-corrected chi connectivity index (χ2v) is 9.47. The Morgan fingerprint density at radius 2 is 1.74 bits per heavy atom. The molecule has 1 aliphatic heterocycles. The highest BCUT2D eigenvalue weighted by Crippen LogP contribution is 2.34. The fourth-order valence-electron chi connectivity index (χ4n) is 3.15. The largest absolute Gasteiger partial charge is 0.454 e. The maximum atomic E-state index is 14.3. The number of anilines is 1. The van der Waals surface area contributed by atoms with Crippen LogP contribution in [0.3, 0.4) is 0 Å². The van der Waals surface area contributed by atoms with Crippen molar-refractivity contribution < 1.29 is 40.2 Å². The molecule has 2 N–H and O–H groups in total. The van der Waals surface area contributed by atoms with Crippen molar-refractivity contribution in [2.45, 2.75) is 17.6 Å². The topological polar surface area (TPSA) is 93.7 Å². The standard InChI is InChI=1S/C22H15ClF4N2O5S/c23-16-4-2-13(22(25,26)27)8-18(16)29-21(30)15-9-14(3-5-17(15)24)35(31,32)28-10-12-1-6-19-20(7-12)34-11-33-19/h1-9,28H,10-11H2,(H,29,30). The van der Waals surface area contributed by atoms with Crippen LogP contribution < -0.4 is 19.5 Å². The highest BCUT2D eigenvalue weighted by atomic mass is 35.5. The lowest BCUT2D eigenvalue weighted by Crippen LogP contribution is -2.24. The van der Waals surface area contributed by atoms with E-state index in [-0.39, 0.29) is 18.4 Å². The van der Waals surface area contributed by atoms with Crippen molar-refractivity contribution in [3.63, 3.8) is 0 Å². The van der Waals surface area contributed by atoms with Crippen LogP contribution in [0, 0.1) is 5.82 Å². The molecule has 3 aromatic rings. The lowest BCUT2D eigenvalue weighted by atomic mass is 10.1. The summed E-state index contributed by atoms with van der Waals surface area (Å²) in [6.45, 7) is -0.0889. The molecular weight excluding hydrogens is 516 g/mol. The molecule has 0 saturated heterocycles. The van der Waals surface area contributed by atoms with E-state index in [0.717, 1.165) is 30.3 Å². The van der Waals surface area contributed by atoms with Crippen molar-refractivity contribution in [1.29, 1.82) is 0 Å². The Labute approximate surface area is 201 Å². The van der Waals surface area contributed by atoms with Crippen molar-refractivity contribution in [2.75, 3.05) is 12.1 Å². The number of hydrogen-bond acceptors (Lipinski definition) is 5. The van der Waals surface area contributed by atoms with Gasteiger partial charge in [-0.15, -0.1) is 0 Å². The van der Waals surface area contributed by atoms with Crippen LogP contribution in [0.4, 0.5) is 23.2 Å². The SMILES string of the molecule is O=C(Nc1cc(C(F)(F)F)ccc1Cl)c1cc(S(=O)(=O)NCc2ccc3c(c2)OCO3)ccc1F. The molecule has 35 heavy (non-hydrogen) atoms. The zero-order valence-electron chi connectivity index (χ0n) is 17.4. The minimum absolute atomic E-state index is 0.0522. The van der Waals surface area contributed by atoms with Gasteiger partial charge >= 0.3 is 6.18 Å². The number of halogens is 5. The summed E-state index contributed by atoms with van der Waals surface area (Å²) >= 11 is 5.86. The number of carbonyl (C=O) groups excluding carboxylic acids is 1. The van der Waals surface area contributed by atoms with Crippen LogP contribution in [0.25, 0.3) is 0 Å². The third kappa shape index (κ3) is 5.50. The van der Waals surface area contributed by atoms with Crippen LogP contribution in [-0.2, 0) is 22.7 Å². The van der Waals surface area contributed by atoms with Gasteiger partial charge in [-0.2, -0.15) is 13.2 Å². The number of fused-ring (bicyclic) bond motifs is 1. The van der Waals surface area contributed by atoms with Crippen molar-refractivity contribution in [2.24, 2.45) is 0 Å². The Morgan fingerprint density at radius 1 is 1.00 bits per heavy atom. The number of amides is 1. The van der Waals surface area contributed by atoms with Crippen LogP contribution in [0.5, 0.6) is 11.5 Å². The van der Waals surface area contributed by atoms with Crippen molar-refractivity contribution in [3.05, 3.63) is 82.1 Å². The smallest absolute Gasteiger partial charge is 0.416 e. The number of sulfonamides is 1. The fourth-order valence-corrected chi connectivity index (χ4v) is 4.35. The quantitative estimate of drug-likeness (QED) is 0.440. The van der Waals surface area contributed by atoms with Crippen LogP contribution in [0.15, 0.2) is 59.5 Å². The van der Waals surface area contributed by atoms with E-state index in [4.69, 9.17) is 21.1 Å². The summed E-state index contributed by atoms with van der Waals surface area (Å²) in [6.07, 6.45) is -4.70. The second-order valence-electron chi connectivity index (χ2n) is 7.30. The molecule has 0 atom stereocenters. The first-order valence-corrected chi connectivity index (χ1v) is 11.7. The molecule has 1 aliphatic rings. The number of benzene rings is 3. The van der Waals surface area contributed by atoms with E-state index in [0.29, 0.717) is 23.1 Å². The van der Waals surface area contributed by atoms with Gasteiger partial charge in [-0.05, 0) is 54.1 Å². The zero-order chi connectivity index (χ0) is 25.4. The third-order valence-corrected chi connectivity index (χ3v) is 6.67. The summed E-state index contributed by atoms with van der Waals surface area (Å²) in [7, 11) is -4.20. The molecule has 184 valence electrons. The summed E-state index contributed by atoms with van der Waals surface area (Å²) in [5, 5.41) is 1.87. The molecule has 0 fully saturated rings. The van der Waals surface area contributed by atoms with Gasteiger partial charge in [-0.3, -0.25) is 4.79 Å². The molecule has 0 bridgehead atoms. The molecule has 0 radical (unpaired) electrons. The predicted molar refractivity (Wildman–Crippen MR) is 117 cm³/mol. The molecule has 1 heterocycles. The van der Waals surface area contributed by atoms with Crippen molar-refractivity contribution in [3.8, 4) is 11.5 Å². The van der Waals surface area contributed by atoms with Crippen molar-refractivity contribution in [1.82, 2.24) is 4.72 Å². The van der Waals surface area contributed by atoms with Crippen molar-refractivity contribution >= 4 is 33.2 Å². The summed E-state index contributed by atoms with van der Waals surface area (Å²) in [5.41, 5.74) is -1.65. The zero-order valence-corrected chi connectivity index (χ0v) is 19.0. The molecule has 0 aromatic heterocycles. The first-order chi connectivity index (χ1) is 16.4. The van der Waals surface area contributed by atoms with Gasteiger partial charge in [-0.1, -0.05) is 17.7 Å². The van der Waals surface area contributed by atoms with Crippen LogP contribution >= 0.6 is 11.6 Å². The molecule has 1 amide bonds. The molecule has 0 unspecified atom stereocenters. The molecule has 3 aromatic carbocycles. The maximum Gasteiger partial charge on any atom is 0.416 e. The molecule has 0 saturated carbocycles. The van der Waals surface area contributed by atoms with Gasteiger partial charge in [0.15, 0.2) is 11.5 Å². The van der Waals surface area contributed by atoms with E-state index >= 15 is 0 Å². The lowest BCUT2D eigenvalue weighted by molar-refractivity contribution is -0.137. The van der Waals surface area contributed by atoms with E-state index in [1.54, 1.807) is 18.2 Å². The number of hydrogen-bond donors (Lipinski definition) is 2. The molecular formula is C22H15ClF4N2O5S. The highest BCUT2D eigenvalue weighted by molar-refractivity contribution is 7.89. The Kier molecular flexibility index (Phi) is 6.62. The van der Waals surface area contributed by atoms with E-state index in [9.17, 15) is 30.8 Å². The first-order valence-electron chi connectivity index (χ1n) is 9.80. The Bertz CT molecular complexity index is 1410. The number of ether oxygens (including phenoxy) is 2. The second kappa shape index (κ2) is 9.36. The first kappa shape index (κ1) is 24.8. The van der Waals surface area contributed by atoms with E-state index in [2.05, 4.69) is 10.0 Å². The van der Waals surface area contributed by atoms with Gasteiger partial charge in [0, 0.05) is 6.54 Å². The summed E-state index contributed by atoms with van der Waals surface area (Å²) in [5.74, 6) is -1.29. The number of carbonyl (C=O) groups is 1. The average molecular weight is 531 g/mol. The Morgan fingerprint density at radius 3 is 2.49 bits per heavy atom. The van der Waals surface area contributed by atoms with Gasteiger partial charge in [0.1, 0.15) is 5.82 Å². The third-order valence-electron chi connectivity index (χ3n) is 4.94. The number of rotatable bonds is 6. The van der Waals surface area contributed by atoms with E-state index in [1.165, 1.54) is 0 Å². The average Bonchev–Trinajstić information content (AvgIpc) is 3.26. The predicted octanol–water partition coefficient (Wildman–Crippen LogP) is 4.96. The number of alkyl halides is 3. The monoisotopic (exact) mass is 530 g/mol. The van der Waals surface area contributed by atoms with Gasteiger partial charge in [0.2, 0.25) is 16.8 Å². The summed E-state index contributed by atoms with van der Waals surface area (Å²) < 4.78 is 91.4. The van der Waals surface area contributed by atoms with Gasteiger partial charge in [-0.25, -0.2) is 17.5 Å². The lowest BCUT2D eigenvalue weighted by Gasteiger charge is -2.13. The Hall–Kier alpha value is -3.35. The van der Waals surface area contributed by atoms with Crippen LogP contribution in [0.2, 0.25) is 5.02 Å². The van der Waals surface area contributed by atoms with Gasteiger partial charge in [0.05, 0.1) is 26.7 Å². The van der Waals surface area contributed by atoms with Gasteiger partial charge in [0.25, 0.3) is 5.91 Å². The molecule has 0 aliphatic carbocycles. The minimum Gasteiger partial charge on any atom is -0.454 e. The fraction of sp³-hybridized carbons (Fsp3) is 0.136. The molecule has 0 spiro atoms. The van der Waals surface area contributed by atoms with Gasteiger partial charge < -0.3 is 14.8 Å². The highest BCUT2D eigenvalue weighted by Gasteiger charge is 2.31. The summed E-state index contributed by atoms with van der Waals surface area (Å²) in [4.78, 5) is 12.2. The normalized spacial score (nSPS) is 13.1. The number of nitrogens with one attached hydrogen (secondary N) is 2.